The Morgan fingerprint density at radius 3 is 2.52 bits per heavy atom. The molecule has 0 saturated carbocycles. The molecular formula is C14H10N2O4S. The number of carbonyl (C=O) groups is 1. The molecule has 0 fully saturated rings. The summed E-state index contributed by atoms with van der Waals surface area (Å²) in [4.78, 5) is 15.0. The van der Waals surface area contributed by atoms with E-state index in [0.717, 1.165) is 10.2 Å². The largest absolute Gasteiger partial charge is 0.478 e. The quantitative estimate of drug-likeness (QED) is 0.799. The lowest BCUT2D eigenvalue weighted by Crippen LogP contribution is -2.12. The number of benzene rings is 1. The Bertz CT molecular complexity index is 930. The molecule has 21 heavy (non-hydrogen) atoms. The van der Waals surface area contributed by atoms with Crippen LogP contribution in [0.4, 0.5) is 0 Å². The van der Waals surface area contributed by atoms with Gasteiger partial charge in [-0.25, -0.2) is 22.2 Å². The maximum Gasteiger partial charge on any atom is 0.337 e. The highest BCUT2D eigenvalue weighted by Gasteiger charge is 2.19. The molecule has 0 spiro atoms. The summed E-state index contributed by atoms with van der Waals surface area (Å²) >= 11 is 0. The summed E-state index contributed by atoms with van der Waals surface area (Å²) in [5.41, 5.74) is 0.209. The van der Waals surface area contributed by atoms with Gasteiger partial charge >= 0.3 is 5.97 Å². The lowest BCUT2D eigenvalue weighted by atomic mass is 10.2. The number of aromatic carboxylic acids is 1. The second-order valence-electron chi connectivity index (χ2n) is 4.37. The van der Waals surface area contributed by atoms with E-state index in [-0.39, 0.29) is 16.1 Å². The standard InChI is InChI=1S/C14H10N2O4S/c17-14(18)11-8-10-6-7-16(13(10)15-9-11)21(19,20)12-4-2-1-3-5-12/h1-9H,(H,17,18). The van der Waals surface area contributed by atoms with E-state index in [9.17, 15) is 13.2 Å². The van der Waals surface area contributed by atoms with Crippen LogP contribution in [0.5, 0.6) is 0 Å². The summed E-state index contributed by atoms with van der Waals surface area (Å²) in [5, 5.41) is 9.38. The predicted octanol–water partition coefficient (Wildman–Crippen LogP) is 1.97. The van der Waals surface area contributed by atoms with Crippen LogP contribution in [-0.2, 0) is 10.0 Å². The first-order valence-corrected chi connectivity index (χ1v) is 7.45. The zero-order valence-electron chi connectivity index (χ0n) is 10.7. The van der Waals surface area contributed by atoms with Crippen molar-refractivity contribution in [2.75, 3.05) is 0 Å². The third-order valence-electron chi connectivity index (χ3n) is 3.04. The van der Waals surface area contributed by atoms with Crippen molar-refractivity contribution in [1.29, 1.82) is 0 Å². The molecular weight excluding hydrogens is 292 g/mol. The minimum Gasteiger partial charge on any atom is -0.478 e. The van der Waals surface area contributed by atoms with E-state index in [0.29, 0.717) is 5.39 Å². The number of nitrogens with zero attached hydrogens (tertiary/aromatic N) is 2. The van der Waals surface area contributed by atoms with E-state index < -0.39 is 16.0 Å². The summed E-state index contributed by atoms with van der Waals surface area (Å²) in [6.45, 7) is 0. The van der Waals surface area contributed by atoms with Gasteiger partial charge in [-0.05, 0) is 24.3 Å². The summed E-state index contributed by atoms with van der Waals surface area (Å²) in [6, 6.07) is 10.9. The highest BCUT2D eigenvalue weighted by atomic mass is 32.2. The van der Waals surface area contributed by atoms with Gasteiger partial charge in [0.2, 0.25) is 0 Å². The van der Waals surface area contributed by atoms with Crippen molar-refractivity contribution >= 4 is 27.0 Å². The first-order valence-electron chi connectivity index (χ1n) is 6.01. The SMILES string of the molecule is O=C(O)c1cnc2c(ccn2S(=O)(=O)c2ccccc2)c1. The maximum absolute atomic E-state index is 12.5. The summed E-state index contributed by atoms with van der Waals surface area (Å²) in [5.74, 6) is -1.11. The third kappa shape index (κ3) is 2.17. The monoisotopic (exact) mass is 302 g/mol. The average Bonchev–Trinajstić information content (AvgIpc) is 2.91. The first-order chi connectivity index (χ1) is 10.00. The van der Waals surface area contributed by atoms with Crippen molar-refractivity contribution in [1.82, 2.24) is 8.96 Å². The summed E-state index contributed by atoms with van der Waals surface area (Å²) in [6.07, 6.45) is 2.51. The predicted molar refractivity (Wildman–Crippen MR) is 75.7 cm³/mol. The molecule has 0 aliphatic heterocycles. The van der Waals surface area contributed by atoms with Crippen LogP contribution in [0.1, 0.15) is 10.4 Å². The van der Waals surface area contributed by atoms with E-state index in [1.54, 1.807) is 18.2 Å². The molecule has 3 rings (SSSR count). The highest BCUT2D eigenvalue weighted by molar-refractivity contribution is 7.90. The van der Waals surface area contributed by atoms with Crippen LogP contribution >= 0.6 is 0 Å². The van der Waals surface area contributed by atoms with E-state index in [1.165, 1.54) is 30.5 Å². The van der Waals surface area contributed by atoms with E-state index in [2.05, 4.69) is 4.98 Å². The number of hydrogen-bond donors (Lipinski definition) is 1. The molecule has 0 atom stereocenters. The fraction of sp³-hybridized carbons (Fsp3) is 0. The van der Waals surface area contributed by atoms with Crippen molar-refractivity contribution < 1.29 is 18.3 Å². The van der Waals surface area contributed by atoms with Crippen molar-refractivity contribution in [2.45, 2.75) is 4.90 Å². The number of carboxylic acids is 1. The summed E-state index contributed by atoms with van der Waals surface area (Å²) < 4.78 is 26.1. The lowest BCUT2D eigenvalue weighted by molar-refractivity contribution is 0.0696. The number of carboxylic acid groups (broad SMARTS) is 1. The second-order valence-corrected chi connectivity index (χ2v) is 6.19. The second kappa shape index (κ2) is 4.71. The number of aromatic nitrogens is 2. The molecule has 0 aliphatic rings. The first kappa shape index (κ1) is 13.3. The van der Waals surface area contributed by atoms with Crippen LogP contribution in [0.2, 0.25) is 0 Å². The maximum atomic E-state index is 12.5. The highest BCUT2D eigenvalue weighted by Crippen LogP contribution is 2.21. The molecule has 0 unspecified atom stereocenters. The molecule has 3 aromatic rings. The van der Waals surface area contributed by atoms with Gasteiger partial charge in [0.1, 0.15) is 0 Å². The number of rotatable bonds is 3. The molecule has 0 aliphatic carbocycles. The molecule has 0 saturated heterocycles. The Kier molecular flexibility index (Phi) is 2.99. The van der Waals surface area contributed by atoms with Gasteiger partial charge < -0.3 is 5.11 Å². The molecule has 1 N–H and O–H groups in total. The minimum atomic E-state index is -3.75. The molecule has 6 nitrogen and oxygen atoms in total. The third-order valence-corrected chi connectivity index (χ3v) is 4.72. The average molecular weight is 302 g/mol. The van der Waals surface area contributed by atoms with Gasteiger partial charge in [0.25, 0.3) is 10.0 Å². The van der Waals surface area contributed by atoms with E-state index in [4.69, 9.17) is 5.11 Å². The molecule has 0 amide bonds. The fourth-order valence-electron chi connectivity index (χ4n) is 2.02. The number of hydrogen-bond acceptors (Lipinski definition) is 4. The summed E-state index contributed by atoms with van der Waals surface area (Å²) in [7, 11) is -3.75. The molecule has 2 aromatic heterocycles. The normalized spacial score (nSPS) is 11.6. The fourth-order valence-corrected chi connectivity index (χ4v) is 3.35. The molecule has 106 valence electrons. The van der Waals surface area contributed by atoms with Crippen LogP contribution in [0.25, 0.3) is 11.0 Å². The number of pyridine rings is 1. The Labute approximate surface area is 120 Å². The van der Waals surface area contributed by atoms with Crippen molar-refractivity contribution in [3.8, 4) is 0 Å². The Balaban J connectivity index is 2.20. The van der Waals surface area contributed by atoms with Crippen molar-refractivity contribution in [2.24, 2.45) is 0 Å². The van der Waals surface area contributed by atoms with Crippen LogP contribution in [0.15, 0.2) is 59.8 Å². The van der Waals surface area contributed by atoms with Crippen molar-refractivity contribution in [3.63, 3.8) is 0 Å². The number of fused-ring (bicyclic) bond motifs is 1. The molecule has 2 heterocycles. The van der Waals surface area contributed by atoms with E-state index in [1.807, 2.05) is 0 Å². The van der Waals surface area contributed by atoms with Gasteiger partial charge in [0.05, 0.1) is 10.5 Å². The minimum absolute atomic E-state index is 0.0114. The molecule has 1 aromatic carbocycles. The van der Waals surface area contributed by atoms with Gasteiger partial charge in [-0.1, -0.05) is 18.2 Å². The van der Waals surface area contributed by atoms with Gasteiger partial charge in [-0.3, -0.25) is 0 Å². The van der Waals surface area contributed by atoms with E-state index >= 15 is 0 Å². The molecule has 0 radical (unpaired) electrons. The van der Waals surface area contributed by atoms with Gasteiger partial charge in [0, 0.05) is 17.8 Å². The lowest BCUT2D eigenvalue weighted by Gasteiger charge is -2.06. The molecule has 7 heteroatoms. The zero-order valence-corrected chi connectivity index (χ0v) is 11.5. The van der Waals surface area contributed by atoms with Gasteiger partial charge in [-0.15, -0.1) is 0 Å². The smallest absolute Gasteiger partial charge is 0.337 e. The zero-order chi connectivity index (χ0) is 15.0. The molecule has 0 bridgehead atoms. The van der Waals surface area contributed by atoms with Gasteiger partial charge in [-0.2, -0.15) is 0 Å². The van der Waals surface area contributed by atoms with Crippen LogP contribution in [0, 0.1) is 0 Å². The Morgan fingerprint density at radius 2 is 1.86 bits per heavy atom. The van der Waals surface area contributed by atoms with Crippen LogP contribution < -0.4 is 0 Å². The Hall–Kier alpha value is -2.67. The topological polar surface area (TPSA) is 89.3 Å². The van der Waals surface area contributed by atoms with Crippen LogP contribution in [-0.4, -0.2) is 28.5 Å². The van der Waals surface area contributed by atoms with Crippen molar-refractivity contribution in [3.05, 3.63) is 60.4 Å². The Morgan fingerprint density at radius 1 is 1.14 bits per heavy atom. The van der Waals surface area contributed by atoms with Gasteiger partial charge in [0.15, 0.2) is 5.65 Å². The van der Waals surface area contributed by atoms with Crippen LogP contribution in [0.3, 0.4) is 0 Å².